The number of carboxylic acid groups (broad SMARTS) is 1. The molecule has 1 rings (SSSR count). The zero-order valence-corrected chi connectivity index (χ0v) is 6.19. The van der Waals surface area contributed by atoms with Gasteiger partial charge in [0.15, 0.2) is 0 Å². The molecule has 4 heteroatoms. The molecule has 12 heavy (non-hydrogen) atoms. The van der Waals surface area contributed by atoms with E-state index in [1.807, 2.05) is 0 Å². The molecule has 0 heterocycles. The molecule has 0 unspecified atom stereocenters. The third kappa shape index (κ3) is 1.88. The molecule has 0 aliphatic heterocycles. The van der Waals surface area contributed by atoms with Crippen LogP contribution < -0.4 is 0 Å². The number of phenolic OH excluding ortho intramolecular Hbond substituents is 2. The number of aliphatic carboxylic acids is 1. The quantitative estimate of drug-likeness (QED) is 0.456. The van der Waals surface area contributed by atoms with Gasteiger partial charge in [-0.1, -0.05) is 0 Å². The lowest BCUT2D eigenvalue weighted by molar-refractivity contribution is -0.136. The fraction of sp³-hybridized carbons (Fsp3) is 0.125. The molecule has 0 spiro atoms. The highest BCUT2D eigenvalue weighted by Crippen LogP contribution is 2.22. The van der Waals surface area contributed by atoms with E-state index < -0.39 is 5.97 Å². The van der Waals surface area contributed by atoms with Crippen LogP contribution in [0.2, 0.25) is 0 Å². The first-order chi connectivity index (χ1) is 5.59. The van der Waals surface area contributed by atoms with Gasteiger partial charge >= 0.3 is 5.97 Å². The van der Waals surface area contributed by atoms with E-state index >= 15 is 0 Å². The smallest absolute Gasteiger partial charge is 0.307 e. The molecule has 0 saturated heterocycles. The summed E-state index contributed by atoms with van der Waals surface area (Å²) in [7, 11) is 0. The average Bonchev–Trinajstić information content (AvgIpc) is 1.96. The Morgan fingerprint density at radius 3 is 2.58 bits per heavy atom. The maximum atomic E-state index is 10.2. The second-order valence-corrected chi connectivity index (χ2v) is 2.38. The van der Waals surface area contributed by atoms with E-state index in [1.165, 1.54) is 18.2 Å². The van der Waals surface area contributed by atoms with E-state index in [9.17, 15) is 4.79 Å². The van der Waals surface area contributed by atoms with Crippen molar-refractivity contribution in [1.82, 2.24) is 0 Å². The predicted molar refractivity (Wildman–Crippen MR) is 41.1 cm³/mol. The first-order valence-electron chi connectivity index (χ1n) is 3.32. The normalized spacial score (nSPS) is 9.67. The van der Waals surface area contributed by atoms with Gasteiger partial charge in [0.05, 0.1) is 6.42 Å². The van der Waals surface area contributed by atoms with E-state index in [0.717, 1.165) is 0 Å². The van der Waals surface area contributed by atoms with Gasteiger partial charge in [0.25, 0.3) is 0 Å². The van der Waals surface area contributed by atoms with Crippen LogP contribution in [0.4, 0.5) is 0 Å². The summed E-state index contributed by atoms with van der Waals surface area (Å²) in [6.45, 7) is 0. The molecule has 0 aliphatic carbocycles. The minimum Gasteiger partial charge on any atom is -0.508 e. The lowest BCUT2D eigenvalue weighted by Crippen LogP contribution is -1.99. The summed E-state index contributed by atoms with van der Waals surface area (Å²) in [5.41, 5.74) is 0.211. The maximum absolute atomic E-state index is 10.2. The van der Waals surface area contributed by atoms with Crippen LogP contribution in [-0.4, -0.2) is 21.3 Å². The molecule has 0 saturated carbocycles. The fourth-order valence-corrected chi connectivity index (χ4v) is 0.876. The van der Waals surface area contributed by atoms with E-state index in [0.29, 0.717) is 0 Å². The molecule has 3 N–H and O–H groups in total. The van der Waals surface area contributed by atoms with Crippen molar-refractivity contribution in [2.75, 3.05) is 0 Å². The standard InChI is InChI=1S/C8H8O4/c9-6-1-2-7(10)5(3-6)4-8(11)12/h1-3,9-10H,4H2,(H,11,12)/i1+1,2+1,4+1,5+1,7+1,8+1. The Balaban J connectivity index is 2.97. The summed E-state index contributed by atoms with van der Waals surface area (Å²) in [6.07, 6.45) is -0.291. The maximum Gasteiger partial charge on any atom is 0.307 e. The van der Waals surface area contributed by atoms with Crippen molar-refractivity contribution in [1.29, 1.82) is 0 Å². The summed E-state index contributed by atoms with van der Waals surface area (Å²) in [5, 5.41) is 26.4. The molecule has 1 aromatic carbocycles. The van der Waals surface area contributed by atoms with E-state index in [4.69, 9.17) is 15.3 Å². The van der Waals surface area contributed by atoms with E-state index in [1.54, 1.807) is 0 Å². The summed E-state index contributed by atoms with van der Waals surface area (Å²) < 4.78 is 0. The third-order valence-corrected chi connectivity index (χ3v) is 1.40. The minimum absolute atomic E-state index is 0.0518. The van der Waals surface area contributed by atoms with Crippen LogP contribution in [0, 0.1) is 0 Å². The van der Waals surface area contributed by atoms with Gasteiger partial charge in [-0.15, -0.1) is 0 Å². The molecule has 64 valence electrons. The van der Waals surface area contributed by atoms with Gasteiger partial charge in [0.2, 0.25) is 0 Å². The van der Waals surface area contributed by atoms with Crippen molar-refractivity contribution < 1.29 is 20.1 Å². The van der Waals surface area contributed by atoms with Crippen molar-refractivity contribution in [3.63, 3.8) is 0 Å². The number of aromatic hydroxyl groups is 2. The molecule has 0 aromatic heterocycles. The Kier molecular flexibility index (Phi) is 2.19. The zero-order valence-electron chi connectivity index (χ0n) is 6.19. The van der Waals surface area contributed by atoms with Crippen molar-refractivity contribution in [2.45, 2.75) is 6.42 Å². The summed E-state index contributed by atoms with van der Waals surface area (Å²) in [5.74, 6) is -1.21. The second kappa shape index (κ2) is 3.13. The lowest BCUT2D eigenvalue weighted by Gasteiger charge is -2.00. The number of benzene rings is 1. The van der Waals surface area contributed by atoms with Crippen LogP contribution in [0.3, 0.4) is 0 Å². The lowest BCUT2D eigenvalue weighted by atomic mass is 10.7. The predicted octanol–water partition coefficient (Wildman–Crippen LogP) is 0.725. The molecule has 0 fully saturated rings. The summed E-state index contributed by atoms with van der Waals surface area (Å²) in [6, 6.07) is 3.78. The van der Waals surface area contributed by atoms with Gasteiger partial charge in [-0.05, 0) is 18.2 Å². The number of carbonyl (C=O) groups is 1. The van der Waals surface area contributed by atoms with Crippen LogP contribution in [0.25, 0.3) is 0 Å². The molecule has 0 aliphatic rings. The van der Waals surface area contributed by atoms with Gasteiger partial charge in [0, 0.05) is 5.56 Å². The van der Waals surface area contributed by atoms with Gasteiger partial charge in [-0.25, -0.2) is 0 Å². The molecule has 0 bridgehead atoms. The highest BCUT2D eigenvalue weighted by Gasteiger charge is 2.06. The second-order valence-electron chi connectivity index (χ2n) is 2.38. The Morgan fingerprint density at radius 1 is 1.33 bits per heavy atom. The number of hydrogen-bond acceptors (Lipinski definition) is 3. The first kappa shape index (κ1) is 8.39. The highest BCUT2D eigenvalue weighted by molar-refractivity contribution is 5.71. The monoisotopic (exact) mass is 174 g/mol. The van der Waals surface area contributed by atoms with Crippen molar-refractivity contribution >= 4 is 5.97 Å². The van der Waals surface area contributed by atoms with Gasteiger partial charge in [-0.2, -0.15) is 0 Å². The van der Waals surface area contributed by atoms with Crippen LogP contribution in [0.15, 0.2) is 18.2 Å². The van der Waals surface area contributed by atoms with E-state index in [2.05, 4.69) is 0 Å². The van der Waals surface area contributed by atoms with Crippen LogP contribution in [0.5, 0.6) is 11.5 Å². The van der Waals surface area contributed by atoms with Gasteiger partial charge < -0.3 is 15.3 Å². The average molecular weight is 174 g/mol. The van der Waals surface area contributed by atoms with Gasteiger partial charge in [-0.3, -0.25) is 4.79 Å². The van der Waals surface area contributed by atoms with E-state index in [-0.39, 0.29) is 23.5 Å². The minimum atomic E-state index is -1.05. The number of carboxylic acids is 1. The molecule has 0 radical (unpaired) electrons. The molecular formula is C8H8O4. The Hall–Kier alpha value is -1.71. The Labute approximate surface area is 68.7 Å². The largest absolute Gasteiger partial charge is 0.508 e. The Bertz CT molecular complexity index is 306. The first-order valence-corrected chi connectivity index (χ1v) is 3.32. The number of hydrogen-bond donors (Lipinski definition) is 3. The van der Waals surface area contributed by atoms with Crippen molar-refractivity contribution in [3.8, 4) is 11.5 Å². The van der Waals surface area contributed by atoms with Crippen LogP contribution in [0.1, 0.15) is 5.56 Å². The van der Waals surface area contributed by atoms with Crippen molar-refractivity contribution in [2.24, 2.45) is 0 Å². The number of rotatable bonds is 2. The fourth-order valence-electron chi connectivity index (χ4n) is 0.876. The molecule has 1 aromatic rings. The SMILES string of the molecule is O=[13C](O)[13CH2][13c]1cc(O)[13cH][13cH][13c]1O. The molecule has 4 nitrogen and oxygen atoms in total. The summed E-state index contributed by atoms with van der Waals surface area (Å²) in [4.78, 5) is 10.2. The zero-order chi connectivity index (χ0) is 9.14. The van der Waals surface area contributed by atoms with Crippen molar-refractivity contribution in [3.05, 3.63) is 23.8 Å². The topological polar surface area (TPSA) is 77.8 Å². The molecular weight excluding hydrogens is 166 g/mol. The van der Waals surface area contributed by atoms with Crippen LogP contribution in [-0.2, 0) is 11.2 Å². The Morgan fingerprint density at radius 2 is 2.00 bits per heavy atom. The van der Waals surface area contributed by atoms with Gasteiger partial charge in [0.1, 0.15) is 11.5 Å². The summed E-state index contributed by atoms with van der Waals surface area (Å²) >= 11 is 0. The molecule has 0 atom stereocenters. The third-order valence-electron chi connectivity index (χ3n) is 1.40. The molecule has 0 amide bonds. The number of phenols is 2. The highest BCUT2D eigenvalue weighted by atomic mass is 16.5. The van der Waals surface area contributed by atoms with Crippen LogP contribution >= 0.6 is 0 Å².